The molecular weight excluding hydrogens is 320 g/mol. The molecule has 2 rings (SSSR count). The summed E-state index contributed by atoms with van der Waals surface area (Å²) in [6.07, 6.45) is 0. The maximum absolute atomic E-state index is 11.7. The van der Waals surface area contributed by atoms with Gasteiger partial charge in [0.25, 0.3) is 0 Å². The van der Waals surface area contributed by atoms with Crippen molar-refractivity contribution in [3.05, 3.63) is 63.6 Å². The van der Waals surface area contributed by atoms with E-state index in [1.807, 2.05) is 37.3 Å². The number of hydrogen-bond acceptors (Lipinski definition) is 3. The lowest BCUT2D eigenvalue weighted by Crippen LogP contribution is -2.07. The Kier molecular flexibility index (Phi) is 4.79. The van der Waals surface area contributed by atoms with Crippen molar-refractivity contribution in [2.45, 2.75) is 13.5 Å². The third kappa shape index (κ3) is 3.39. The second-order valence-corrected chi connectivity index (χ2v) is 5.23. The van der Waals surface area contributed by atoms with Gasteiger partial charge < -0.3 is 9.47 Å². The Bertz CT molecular complexity index is 623. The third-order valence-corrected chi connectivity index (χ3v) is 3.51. The summed E-state index contributed by atoms with van der Waals surface area (Å²) < 4.78 is 11.4. The van der Waals surface area contributed by atoms with E-state index in [1.54, 1.807) is 12.1 Å². The van der Waals surface area contributed by atoms with Gasteiger partial charge in [0.2, 0.25) is 0 Å². The van der Waals surface area contributed by atoms with Crippen molar-refractivity contribution in [1.82, 2.24) is 0 Å². The molecule has 2 aromatic carbocycles. The van der Waals surface area contributed by atoms with Crippen molar-refractivity contribution in [2.24, 2.45) is 0 Å². The molecule has 0 fully saturated rings. The summed E-state index contributed by atoms with van der Waals surface area (Å²) in [6.45, 7) is 2.33. The fourth-order valence-electron chi connectivity index (χ4n) is 1.83. The minimum Gasteiger partial charge on any atom is -0.488 e. The van der Waals surface area contributed by atoms with Crippen LogP contribution in [0.25, 0.3) is 0 Å². The number of halogens is 1. The van der Waals surface area contributed by atoms with Gasteiger partial charge in [-0.25, -0.2) is 4.79 Å². The van der Waals surface area contributed by atoms with Gasteiger partial charge in [0.15, 0.2) is 0 Å². The van der Waals surface area contributed by atoms with Gasteiger partial charge in [0.05, 0.1) is 17.1 Å². The Morgan fingerprint density at radius 3 is 2.65 bits per heavy atom. The second-order valence-electron chi connectivity index (χ2n) is 4.37. The third-order valence-electron chi connectivity index (χ3n) is 2.89. The summed E-state index contributed by atoms with van der Waals surface area (Å²) in [5.41, 5.74) is 2.48. The quantitative estimate of drug-likeness (QED) is 0.789. The molecule has 0 amide bonds. The average molecular weight is 335 g/mol. The summed E-state index contributed by atoms with van der Waals surface area (Å²) in [4.78, 5) is 11.7. The molecule has 0 radical (unpaired) electrons. The van der Waals surface area contributed by atoms with Crippen LogP contribution in [0.4, 0.5) is 0 Å². The molecule has 0 bridgehead atoms. The Balaban J connectivity index is 2.17. The molecule has 4 heteroatoms. The van der Waals surface area contributed by atoms with E-state index < -0.39 is 0 Å². The van der Waals surface area contributed by atoms with Crippen molar-refractivity contribution in [2.75, 3.05) is 7.11 Å². The molecule has 0 aliphatic heterocycles. The lowest BCUT2D eigenvalue weighted by atomic mass is 10.1. The van der Waals surface area contributed by atoms with Gasteiger partial charge >= 0.3 is 5.97 Å². The number of carbonyl (C=O) groups excluding carboxylic acids is 1. The minimum atomic E-state index is -0.354. The smallest absolute Gasteiger partial charge is 0.338 e. The maximum atomic E-state index is 11.7. The molecular formula is C16H15BrO3. The van der Waals surface area contributed by atoms with E-state index in [1.165, 1.54) is 7.11 Å². The van der Waals surface area contributed by atoms with Gasteiger partial charge in [0.1, 0.15) is 12.4 Å². The standard InChI is InChI=1S/C16H15BrO3/c1-11-7-8-15(14(17)9-11)20-10-12-5-3-4-6-13(12)16(18)19-2/h3-9H,10H2,1-2H3. The van der Waals surface area contributed by atoms with Crippen LogP contribution in [0.2, 0.25) is 0 Å². The monoisotopic (exact) mass is 334 g/mol. The van der Waals surface area contributed by atoms with Crippen LogP contribution in [0.1, 0.15) is 21.5 Å². The van der Waals surface area contributed by atoms with Gasteiger partial charge in [-0.2, -0.15) is 0 Å². The highest BCUT2D eigenvalue weighted by Crippen LogP contribution is 2.26. The SMILES string of the molecule is COC(=O)c1ccccc1COc1ccc(C)cc1Br. The Labute approximate surface area is 126 Å². The summed E-state index contributed by atoms with van der Waals surface area (Å²) in [5.74, 6) is 0.391. The number of hydrogen-bond donors (Lipinski definition) is 0. The maximum Gasteiger partial charge on any atom is 0.338 e. The Hall–Kier alpha value is -1.81. The lowest BCUT2D eigenvalue weighted by Gasteiger charge is -2.11. The number of aryl methyl sites for hydroxylation is 1. The van der Waals surface area contributed by atoms with Gasteiger partial charge in [0, 0.05) is 5.56 Å². The lowest BCUT2D eigenvalue weighted by molar-refractivity contribution is 0.0597. The molecule has 0 aliphatic rings. The number of esters is 1. The van der Waals surface area contributed by atoms with E-state index in [2.05, 4.69) is 15.9 Å². The van der Waals surface area contributed by atoms with Gasteiger partial charge in [-0.1, -0.05) is 24.3 Å². The highest BCUT2D eigenvalue weighted by Gasteiger charge is 2.11. The minimum absolute atomic E-state index is 0.312. The number of benzene rings is 2. The molecule has 0 atom stereocenters. The molecule has 104 valence electrons. The zero-order chi connectivity index (χ0) is 14.5. The summed E-state index contributed by atoms with van der Waals surface area (Å²) >= 11 is 3.47. The van der Waals surface area contributed by atoms with Crippen molar-refractivity contribution >= 4 is 21.9 Å². The van der Waals surface area contributed by atoms with Gasteiger partial charge in [-0.15, -0.1) is 0 Å². The molecule has 0 aliphatic carbocycles. The van der Waals surface area contributed by atoms with Crippen LogP contribution in [-0.2, 0) is 11.3 Å². The topological polar surface area (TPSA) is 35.5 Å². The Morgan fingerprint density at radius 1 is 1.20 bits per heavy atom. The average Bonchev–Trinajstić information content (AvgIpc) is 2.46. The van der Waals surface area contributed by atoms with Gasteiger partial charge in [-0.05, 0) is 46.6 Å². The van der Waals surface area contributed by atoms with Crippen LogP contribution in [0, 0.1) is 6.92 Å². The largest absolute Gasteiger partial charge is 0.488 e. The van der Waals surface area contributed by atoms with Crippen LogP contribution in [0.15, 0.2) is 46.9 Å². The first-order valence-electron chi connectivity index (χ1n) is 6.17. The van der Waals surface area contributed by atoms with Crippen LogP contribution >= 0.6 is 15.9 Å². The van der Waals surface area contributed by atoms with Crippen molar-refractivity contribution < 1.29 is 14.3 Å². The van der Waals surface area contributed by atoms with E-state index in [-0.39, 0.29) is 5.97 Å². The summed E-state index contributed by atoms with van der Waals surface area (Å²) in [6, 6.07) is 13.1. The van der Waals surface area contributed by atoms with E-state index >= 15 is 0 Å². The Morgan fingerprint density at radius 2 is 1.95 bits per heavy atom. The molecule has 0 saturated heterocycles. The highest BCUT2D eigenvalue weighted by atomic mass is 79.9. The second kappa shape index (κ2) is 6.57. The van der Waals surface area contributed by atoms with Gasteiger partial charge in [-0.3, -0.25) is 0 Å². The van der Waals surface area contributed by atoms with E-state index in [4.69, 9.17) is 9.47 Å². The van der Waals surface area contributed by atoms with E-state index in [0.717, 1.165) is 21.3 Å². The first kappa shape index (κ1) is 14.6. The number of methoxy groups -OCH3 is 1. The van der Waals surface area contributed by atoms with E-state index in [0.29, 0.717) is 12.2 Å². The fourth-order valence-corrected chi connectivity index (χ4v) is 2.44. The molecule has 0 saturated carbocycles. The van der Waals surface area contributed by atoms with Crippen LogP contribution in [-0.4, -0.2) is 13.1 Å². The van der Waals surface area contributed by atoms with Crippen LogP contribution in [0.3, 0.4) is 0 Å². The molecule has 0 heterocycles. The zero-order valence-corrected chi connectivity index (χ0v) is 12.9. The fraction of sp³-hybridized carbons (Fsp3) is 0.188. The van der Waals surface area contributed by atoms with Crippen molar-refractivity contribution in [1.29, 1.82) is 0 Å². The molecule has 0 aromatic heterocycles. The molecule has 20 heavy (non-hydrogen) atoms. The molecule has 2 aromatic rings. The molecule has 0 N–H and O–H groups in total. The highest BCUT2D eigenvalue weighted by molar-refractivity contribution is 9.10. The first-order valence-corrected chi connectivity index (χ1v) is 6.96. The molecule has 0 spiro atoms. The number of rotatable bonds is 4. The summed E-state index contributed by atoms with van der Waals surface area (Å²) in [7, 11) is 1.37. The molecule has 3 nitrogen and oxygen atoms in total. The van der Waals surface area contributed by atoms with Crippen LogP contribution < -0.4 is 4.74 Å². The normalized spacial score (nSPS) is 10.2. The predicted octanol–water partition coefficient (Wildman–Crippen LogP) is 4.12. The van der Waals surface area contributed by atoms with E-state index in [9.17, 15) is 4.79 Å². The zero-order valence-electron chi connectivity index (χ0n) is 11.4. The van der Waals surface area contributed by atoms with Crippen LogP contribution in [0.5, 0.6) is 5.75 Å². The van der Waals surface area contributed by atoms with Crippen molar-refractivity contribution in [3.8, 4) is 5.75 Å². The predicted molar refractivity (Wildman–Crippen MR) is 81.0 cm³/mol. The molecule has 0 unspecified atom stereocenters. The van der Waals surface area contributed by atoms with Crippen molar-refractivity contribution in [3.63, 3.8) is 0 Å². The number of carbonyl (C=O) groups is 1. The first-order chi connectivity index (χ1) is 9.61. The number of ether oxygens (including phenoxy) is 2. The summed E-state index contributed by atoms with van der Waals surface area (Å²) in [5, 5.41) is 0.